The zero-order valence-electron chi connectivity index (χ0n) is 24.6. The van der Waals surface area contributed by atoms with Gasteiger partial charge in [0.05, 0.1) is 44.7 Å². The minimum atomic E-state index is -0.683. The second-order valence-corrected chi connectivity index (χ2v) is 11.2. The molecule has 0 saturated carbocycles. The van der Waals surface area contributed by atoms with Crippen molar-refractivity contribution in [2.24, 2.45) is 5.10 Å². The van der Waals surface area contributed by atoms with Crippen LogP contribution in [0, 0.1) is 0 Å². The number of aromatic nitrogens is 1. The quantitative estimate of drug-likeness (QED) is 0.0665. The van der Waals surface area contributed by atoms with Gasteiger partial charge in [0.25, 0.3) is 5.91 Å². The number of fused-ring (bicyclic) bond motifs is 1. The highest BCUT2D eigenvalue weighted by atomic mass is 79.9. The van der Waals surface area contributed by atoms with Crippen molar-refractivity contribution in [3.05, 3.63) is 98.6 Å². The molecule has 5 aromatic rings. The molecule has 0 spiro atoms. The van der Waals surface area contributed by atoms with Gasteiger partial charge in [-0.05, 0) is 64.0 Å². The maximum Gasteiger partial charge on any atom is 0.343 e. The number of carbonyl (C=O) groups excluding carboxylic acids is 2. The predicted molar refractivity (Wildman–Crippen MR) is 178 cm³/mol. The van der Waals surface area contributed by atoms with Gasteiger partial charge in [0.15, 0.2) is 17.2 Å². The summed E-state index contributed by atoms with van der Waals surface area (Å²) < 4.78 is 28.4. The van der Waals surface area contributed by atoms with Crippen molar-refractivity contribution in [1.82, 2.24) is 10.4 Å². The maximum absolute atomic E-state index is 13.5. The number of hydrazone groups is 1. The minimum absolute atomic E-state index is 0.166. The Labute approximate surface area is 275 Å². The Morgan fingerprint density at radius 2 is 1.53 bits per heavy atom. The zero-order chi connectivity index (χ0) is 32.1. The first kappa shape index (κ1) is 31.6. The Kier molecular flexibility index (Phi) is 9.74. The molecule has 0 bridgehead atoms. The van der Waals surface area contributed by atoms with Gasteiger partial charge < -0.3 is 28.7 Å². The van der Waals surface area contributed by atoms with Crippen LogP contribution in [0.2, 0.25) is 0 Å². The van der Waals surface area contributed by atoms with Crippen molar-refractivity contribution >= 4 is 60.9 Å². The lowest BCUT2D eigenvalue weighted by Crippen LogP contribution is -2.19. The van der Waals surface area contributed by atoms with Crippen molar-refractivity contribution in [3.8, 4) is 39.9 Å². The Morgan fingerprint density at radius 3 is 2.18 bits per heavy atom. The number of carbonyl (C=O) groups is 2. The Bertz CT molecular complexity index is 1900. The zero-order valence-corrected chi connectivity index (χ0v) is 27.7. The van der Waals surface area contributed by atoms with Crippen LogP contribution in [-0.4, -0.2) is 51.5 Å². The molecule has 0 aliphatic heterocycles. The topological polar surface area (TPSA) is 120 Å². The number of methoxy groups -OCH3 is 4. The first-order chi connectivity index (χ1) is 21.8. The number of hydrogen-bond donors (Lipinski definition) is 2. The van der Waals surface area contributed by atoms with Gasteiger partial charge in [-0.2, -0.15) is 5.10 Å². The molecule has 0 aliphatic carbocycles. The average molecular weight is 737 g/mol. The number of nitrogens with one attached hydrogen (secondary N) is 2. The molecule has 0 atom stereocenters. The number of H-pyrrole nitrogens is 1. The third-order valence-electron chi connectivity index (χ3n) is 6.80. The molecule has 2 N–H and O–H groups in total. The summed E-state index contributed by atoms with van der Waals surface area (Å²) in [5.41, 5.74) is 5.81. The Balaban J connectivity index is 1.44. The second-order valence-electron chi connectivity index (χ2n) is 9.46. The molecule has 5 rings (SSSR count). The van der Waals surface area contributed by atoms with E-state index in [1.54, 1.807) is 19.2 Å². The van der Waals surface area contributed by atoms with Crippen molar-refractivity contribution in [2.45, 2.75) is 0 Å². The molecule has 1 amide bonds. The predicted octanol–water partition coefficient (Wildman–Crippen LogP) is 7.38. The summed E-state index contributed by atoms with van der Waals surface area (Å²) in [6.07, 6.45) is 1.39. The summed E-state index contributed by atoms with van der Waals surface area (Å²) in [5.74, 6) is 0.633. The van der Waals surface area contributed by atoms with Gasteiger partial charge in [0.2, 0.25) is 5.75 Å². The number of benzene rings is 4. The summed E-state index contributed by atoms with van der Waals surface area (Å²) in [6, 6.07) is 21.5. The van der Waals surface area contributed by atoms with Crippen molar-refractivity contribution < 1.29 is 33.3 Å². The molecule has 230 valence electrons. The SMILES string of the molecule is COc1ccc2[nH]c(C(=O)NN=Cc3cc(Br)cc(Br)c3OC(=O)c3cc(OC)c(OC)c(OC)c3)c(-c3ccccc3)c2c1. The molecule has 12 heteroatoms. The van der Waals surface area contributed by atoms with Gasteiger partial charge in [0.1, 0.15) is 11.4 Å². The van der Waals surface area contributed by atoms with E-state index in [2.05, 4.69) is 47.4 Å². The lowest BCUT2D eigenvalue weighted by Gasteiger charge is -2.15. The van der Waals surface area contributed by atoms with Gasteiger partial charge in [0, 0.05) is 26.5 Å². The van der Waals surface area contributed by atoms with E-state index in [1.165, 1.54) is 39.7 Å². The lowest BCUT2D eigenvalue weighted by molar-refractivity contribution is 0.0732. The smallest absolute Gasteiger partial charge is 0.343 e. The minimum Gasteiger partial charge on any atom is -0.497 e. The average Bonchev–Trinajstić information content (AvgIpc) is 3.44. The number of halogens is 2. The van der Waals surface area contributed by atoms with Crippen LogP contribution in [0.4, 0.5) is 0 Å². The van der Waals surface area contributed by atoms with Crippen molar-refractivity contribution in [1.29, 1.82) is 0 Å². The molecule has 45 heavy (non-hydrogen) atoms. The van der Waals surface area contributed by atoms with Crippen LogP contribution in [0.5, 0.6) is 28.7 Å². The number of rotatable bonds is 10. The molecule has 0 radical (unpaired) electrons. The van der Waals surface area contributed by atoms with E-state index >= 15 is 0 Å². The molecule has 0 unspecified atom stereocenters. The van der Waals surface area contributed by atoms with E-state index in [0.717, 1.165) is 16.5 Å². The standard InChI is InChI=1S/C33H27Br2N3O7/c1-41-22-10-11-25-23(16-22)28(18-8-6-5-7-9-18)29(37-25)32(39)38-36-17-20-12-21(34)15-24(35)30(20)45-33(40)19-13-26(42-2)31(44-4)27(14-19)43-3/h5-17,37H,1-4H3,(H,38,39). The normalized spacial score (nSPS) is 11.0. The first-order valence-electron chi connectivity index (χ1n) is 13.4. The third kappa shape index (κ3) is 6.66. The van der Waals surface area contributed by atoms with Crippen LogP contribution < -0.4 is 29.1 Å². The molecule has 0 fully saturated rings. The van der Waals surface area contributed by atoms with Crippen LogP contribution in [0.15, 0.2) is 86.8 Å². The fourth-order valence-corrected chi connectivity index (χ4v) is 6.06. The van der Waals surface area contributed by atoms with E-state index in [-0.39, 0.29) is 11.3 Å². The summed E-state index contributed by atoms with van der Waals surface area (Å²) in [6.45, 7) is 0. The number of hydrogen-bond acceptors (Lipinski definition) is 8. The second kappa shape index (κ2) is 13.9. The van der Waals surface area contributed by atoms with Crippen LogP contribution in [0.25, 0.3) is 22.0 Å². The summed E-state index contributed by atoms with van der Waals surface area (Å²) in [7, 11) is 5.97. The number of nitrogens with zero attached hydrogens (tertiary/aromatic N) is 1. The van der Waals surface area contributed by atoms with E-state index in [9.17, 15) is 9.59 Å². The van der Waals surface area contributed by atoms with E-state index in [1.807, 2.05) is 48.5 Å². The summed E-state index contributed by atoms with van der Waals surface area (Å²) in [4.78, 5) is 30.0. The maximum atomic E-state index is 13.5. The lowest BCUT2D eigenvalue weighted by atomic mass is 10.0. The van der Waals surface area contributed by atoms with E-state index < -0.39 is 11.9 Å². The third-order valence-corrected chi connectivity index (χ3v) is 7.84. The van der Waals surface area contributed by atoms with Gasteiger partial charge in [-0.25, -0.2) is 10.2 Å². The van der Waals surface area contributed by atoms with Crippen LogP contribution >= 0.6 is 31.9 Å². The number of esters is 1. The highest BCUT2D eigenvalue weighted by molar-refractivity contribution is 9.11. The Hall–Kier alpha value is -4.81. The summed E-state index contributed by atoms with van der Waals surface area (Å²) >= 11 is 6.92. The monoisotopic (exact) mass is 735 g/mol. The molecule has 1 heterocycles. The van der Waals surface area contributed by atoms with Gasteiger partial charge in [-0.15, -0.1) is 0 Å². The Morgan fingerprint density at radius 1 is 0.822 bits per heavy atom. The summed E-state index contributed by atoms with van der Waals surface area (Å²) in [5, 5.41) is 5.02. The highest BCUT2D eigenvalue weighted by Gasteiger charge is 2.22. The fraction of sp³-hybridized carbons (Fsp3) is 0.121. The molecule has 0 aliphatic rings. The highest BCUT2D eigenvalue weighted by Crippen LogP contribution is 2.39. The fourth-order valence-electron chi connectivity index (χ4n) is 4.72. The molecule has 4 aromatic carbocycles. The van der Waals surface area contributed by atoms with Gasteiger partial charge >= 0.3 is 5.97 Å². The van der Waals surface area contributed by atoms with E-state index in [0.29, 0.717) is 48.8 Å². The van der Waals surface area contributed by atoms with Crippen molar-refractivity contribution in [3.63, 3.8) is 0 Å². The van der Waals surface area contributed by atoms with E-state index in [4.69, 9.17) is 23.7 Å². The molecule has 1 aromatic heterocycles. The molecule has 0 saturated heterocycles. The molecular weight excluding hydrogens is 710 g/mol. The number of aromatic amines is 1. The number of ether oxygens (including phenoxy) is 5. The molecule has 10 nitrogen and oxygen atoms in total. The largest absolute Gasteiger partial charge is 0.497 e. The van der Waals surface area contributed by atoms with Crippen LogP contribution in [0.1, 0.15) is 26.4 Å². The van der Waals surface area contributed by atoms with Gasteiger partial charge in [-0.1, -0.05) is 46.3 Å². The number of amides is 1. The van der Waals surface area contributed by atoms with Crippen LogP contribution in [-0.2, 0) is 0 Å². The van der Waals surface area contributed by atoms with Crippen molar-refractivity contribution in [2.75, 3.05) is 28.4 Å². The van der Waals surface area contributed by atoms with Gasteiger partial charge in [-0.3, -0.25) is 4.79 Å². The molecular formula is C33H27Br2N3O7. The first-order valence-corrected chi connectivity index (χ1v) is 15.0. The van der Waals surface area contributed by atoms with Crippen LogP contribution in [0.3, 0.4) is 0 Å².